The minimum atomic E-state index is -3.17. The van der Waals surface area contributed by atoms with Gasteiger partial charge in [-0.2, -0.15) is 0 Å². The van der Waals surface area contributed by atoms with Crippen molar-refractivity contribution >= 4 is 40.0 Å². The Bertz CT molecular complexity index is 564. The molecule has 9 heteroatoms. The lowest BCUT2D eigenvalue weighted by Gasteiger charge is -2.12. The summed E-state index contributed by atoms with van der Waals surface area (Å²) in [5.74, 6) is 0.337. The molecule has 126 valence electrons. The number of hydrogen-bond acceptors (Lipinski definition) is 3. The Labute approximate surface area is 148 Å². The second kappa shape index (κ2) is 10.7. The number of nitrogens with zero attached hydrogens (tertiary/aromatic N) is 1. The second-order valence-corrected chi connectivity index (χ2v) is 6.37. The zero-order valence-corrected chi connectivity index (χ0v) is 15.7. The lowest BCUT2D eigenvalue weighted by atomic mass is 10.2. The third-order valence-corrected chi connectivity index (χ3v) is 4.12. The lowest BCUT2D eigenvalue weighted by Crippen LogP contribution is -2.41. The molecule has 0 aliphatic carbocycles. The van der Waals surface area contributed by atoms with Gasteiger partial charge in [-0.15, -0.1) is 24.0 Å². The Morgan fingerprint density at radius 1 is 1.18 bits per heavy atom. The number of hydrogen-bond donors (Lipinski definition) is 3. The van der Waals surface area contributed by atoms with Crippen LogP contribution in [-0.2, 0) is 16.6 Å². The van der Waals surface area contributed by atoms with Crippen LogP contribution in [0.25, 0.3) is 0 Å². The molecule has 0 radical (unpaired) electrons. The molecule has 1 rings (SSSR count). The van der Waals surface area contributed by atoms with E-state index < -0.39 is 10.0 Å². The standard InChI is InChI=1S/C13H21FN4O2S.HI/c1-3-21(19,20)18-9-8-16-13(15-2)17-10-11-4-6-12(14)7-5-11;/h4-7,18H,3,8-10H2,1-2H3,(H2,15,16,17);1H. The van der Waals surface area contributed by atoms with Gasteiger partial charge in [0.05, 0.1) is 5.75 Å². The predicted octanol–water partition coefficient (Wildman–Crippen LogP) is 1.05. The van der Waals surface area contributed by atoms with Crippen LogP contribution in [0.1, 0.15) is 12.5 Å². The van der Waals surface area contributed by atoms with E-state index in [0.29, 0.717) is 19.0 Å². The van der Waals surface area contributed by atoms with Crippen LogP contribution in [0.4, 0.5) is 4.39 Å². The molecule has 0 saturated heterocycles. The quantitative estimate of drug-likeness (QED) is 0.254. The summed E-state index contributed by atoms with van der Waals surface area (Å²) in [5.41, 5.74) is 0.922. The molecule has 0 unspecified atom stereocenters. The summed E-state index contributed by atoms with van der Waals surface area (Å²) in [6, 6.07) is 6.16. The van der Waals surface area contributed by atoms with Crippen LogP contribution >= 0.6 is 24.0 Å². The van der Waals surface area contributed by atoms with Crippen molar-refractivity contribution in [2.24, 2.45) is 4.99 Å². The van der Waals surface area contributed by atoms with Crippen LogP contribution in [0.3, 0.4) is 0 Å². The molecule has 0 fully saturated rings. The fourth-order valence-corrected chi connectivity index (χ4v) is 2.12. The Kier molecular flexibility index (Phi) is 10.3. The van der Waals surface area contributed by atoms with Crippen molar-refractivity contribution in [2.45, 2.75) is 13.5 Å². The van der Waals surface area contributed by atoms with Crippen molar-refractivity contribution in [3.8, 4) is 0 Å². The molecule has 0 bridgehead atoms. The van der Waals surface area contributed by atoms with Crippen LogP contribution in [0.15, 0.2) is 29.3 Å². The Balaban J connectivity index is 0.00000441. The van der Waals surface area contributed by atoms with E-state index in [9.17, 15) is 12.8 Å². The Morgan fingerprint density at radius 3 is 2.36 bits per heavy atom. The molecule has 3 N–H and O–H groups in total. The number of aliphatic imine (C=N–C) groups is 1. The zero-order valence-electron chi connectivity index (χ0n) is 12.6. The van der Waals surface area contributed by atoms with Gasteiger partial charge in [-0.1, -0.05) is 12.1 Å². The summed E-state index contributed by atoms with van der Waals surface area (Å²) < 4.78 is 37.7. The molecule has 6 nitrogen and oxygen atoms in total. The van der Waals surface area contributed by atoms with Crippen molar-refractivity contribution in [2.75, 3.05) is 25.9 Å². The molecular weight excluding hydrogens is 422 g/mol. The van der Waals surface area contributed by atoms with E-state index in [0.717, 1.165) is 5.56 Å². The second-order valence-electron chi connectivity index (χ2n) is 4.28. The normalized spacial score (nSPS) is 11.7. The summed E-state index contributed by atoms with van der Waals surface area (Å²) in [7, 11) is -1.55. The van der Waals surface area contributed by atoms with Gasteiger partial charge in [0.25, 0.3) is 0 Å². The molecule has 1 aromatic rings. The van der Waals surface area contributed by atoms with Gasteiger partial charge in [-0.05, 0) is 24.6 Å². The highest BCUT2D eigenvalue weighted by atomic mass is 127. The Hall–Kier alpha value is -0.940. The van der Waals surface area contributed by atoms with Crippen molar-refractivity contribution in [1.82, 2.24) is 15.4 Å². The monoisotopic (exact) mass is 444 g/mol. The number of benzene rings is 1. The molecule has 22 heavy (non-hydrogen) atoms. The molecule has 0 atom stereocenters. The third-order valence-electron chi connectivity index (χ3n) is 2.72. The van der Waals surface area contributed by atoms with E-state index in [1.54, 1.807) is 26.1 Å². The summed E-state index contributed by atoms with van der Waals surface area (Å²) in [4.78, 5) is 4.02. The van der Waals surface area contributed by atoms with E-state index in [2.05, 4.69) is 20.3 Å². The highest BCUT2D eigenvalue weighted by Crippen LogP contribution is 2.01. The summed E-state index contributed by atoms with van der Waals surface area (Å²) in [5, 5.41) is 6.04. The van der Waals surface area contributed by atoms with Gasteiger partial charge < -0.3 is 10.6 Å². The fraction of sp³-hybridized carbons (Fsp3) is 0.462. The number of guanidine groups is 1. The molecule has 0 heterocycles. The van der Waals surface area contributed by atoms with Gasteiger partial charge in [0.15, 0.2) is 5.96 Å². The first-order chi connectivity index (χ1) is 9.96. The summed E-state index contributed by atoms with van der Waals surface area (Å²) in [6.07, 6.45) is 0. The topological polar surface area (TPSA) is 82.6 Å². The van der Waals surface area contributed by atoms with Crippen LogP contribution < -0.4 is 15.4 Å². The molecule has 0 spiro atoms. The number of rotatable bonds is 7. The highest BCUT2D eigenvalue weighted by molar-refractivity contribution is 14.0. The van der Waals surface area contributed by atoms with Crippen molar-refractivity contribution < 1.29 is 12.8 Å². The number of nitrogens with one attached hydrogen (secondary N) is 3. The number of sulfonamides is 1. The predicted molar refractivity (Wildman–Crippen MR) is 97.5 cm³/mol. The zero-order chi connectivity index (χ0) is 15.7. The van der Waals surface area contributed by atoms with Crippen LogP contribution in [0.2, 0.25) is 0 Å². The molecule has 0 aliphatic heterocycles. The minimum Gasteiger partial charge on any atom is -0.355 e. The van der Waals surface area contributed by atoms with Crippen LogP contribution in [0, 0.1) is 5.82 Å². The maximum absolute atomic E-state index is 12.8. The van der Waals surface area contributed by atoms with E-state index in [1.165, 1.54) is 12.1 Å². The van der Waals surface area contributed by atoms with Crippen molar-refractivity contribution in [3.05, 3.63) is 35.6 Å². The summed E-state index contributed by atoms with van der Waals surface area (Å²) in [6.45, 7) is 2.79. The molecule has 1 aromatic carbocycles. The average molecular weight is 444 g/mol. The first-order valence-electron chi connectivity index (χ1n) is 6.63. The van der Waals surface area contributed by atoms with Crippen LogP contribution in [0.5, 0.6) is 0 Å². The maximum atomic E-state index is 12.8. The molecule has 0 aromatic heterocycles. The van der Waals surface area contributed by atoms with Gasteiger partial charge in [-0.25, -0.2) is 17.5 Å². The minimum absolute atomic E-state index is 0. The van der Waals surface area contributed by atoms with Gasteiger partial charge in [-0.3, -0.25) is 4.99 Å². The Morgan fingerprint density at radius 2 is 1.82 bits per heavy atom. The highest BCUT2D eigenvalue weighted by Gasteiger charge is 2.05. The van der Waals surface area contributed by atoms with E-state index in [1.807, 2.05) is 0 Å². The molecule has 0 saturated carbocycles. The van der Waals surface area contributed by atoms with E-state index >= 15 is 0 Å². The molecular formula is C13H22FIN4O2S. The smallest absolute Gasteiger partial charge is 0.211 e. The lowest BCUT2D eigenvalue weighted by molar-refractivity contribution is 0.581. The largest absolute Gasteiger partial charge is 0.355 e. The van der Waals surface area contributed by atoms with Gasteiger partial charge in [0.1, 0.15) is 5.82 Å². The van der Waals surface area contributed by atoms with Gasteiger partial charge in [0, 0.05) is 26.7 Å². The first-order valence-corrected chi connectivity index (χ1v) is 8.28. The van der Waals surface area contributed by atoms with Crippen molar-refractivity contribution in [3.63, 3.8) is 0 Å². The van der Waals surface area contributed by atoms with E-state index in [4.69, 9.17) is 0 Å². The first kappa shape index (κ1) is 21.1. The SMILES string of the molecule is CCS(=O)(=O)NCCNC(=NC)NCc1ccc(F)cc1.I. The average Bonchev–Trinajstić information content (AvgIpc) is 2.48. The maximum Gasteiger partial charge on any atom is 0.211 e. The van der Waals surface area contributed by atoms with Crippen LogP contribution in [-0.4, -0.2) is 40.3 Å². The number of halogens is 2. The molecule has 0 aliphatic rings. The molecule has 0 amide bonds. The van der Waals surface area contributed by atoms with Gasteiger partial charge in [0.2, 0.25) is 10.0 Å². The van der Waals surface area contributed by atoms with Gasteiger partial charge >= 0.3 is 0 Å². The summed E-state index contributed by atoms with van der Waals surface area (Å²) >= 11 is 0. The van der Waals surface area contributed by atoms with E-state index in [-0.39, 0.29) is 42.1 Å². The fourth-order valence-electron chi connectivity index (χ4n) is 1.50. The van der Waals surface area contributed by atoms with Crippen molar-refractivity contribution in [1.29, 1.82) is 0 Å². The third kappa shape index (κ3) is 8.49.